The van der Waals surface area contributed by atoms with Crippen molar-refractivity contribution in [1.82, 2.24) is 0 Å². The van der Waals surface area contributed by atoms with Crippen LogP contribution < -0.4 is 15.6 Å². The third-order valence-corrected chi connectivity index (χ3v) is 11.7. The van der Waals surface area contributed by atoms with E-state index in [0.29, 0.717) is 17.8 Å². The molecule has 0 fully saturated rings. The Morgan fingerprint density at radius 1 is 0.595 bits per heavy atom. The van der Waals surface area contributed by atoms with Crippen molar-refractivity contribution in [2.24, 2.45) is 0 Å². The Balaban J connectivity index is 0.00000324. The van der Waals surface area contributed by atoms with Gasteiger partial charge in [0.25, 0.3) is 0 Å². The second kappa shape index (κ2) is 15.5. The van der Waals surface area contributed by atoms with Gasteiger partial charge in [-0.1, -0.05) is 114 Å². The van der Waals surface area contributed by atoms with E-state index >= 15 is 0 Å². The summed E-state index contributed by atoms with van der Waals surface area (Å²) in [5, 5.41) is 5.78. The third-order valence-electron chi connectivity index (χ3n) is 7.06. The van der Waals surface area contributed by atoms with Crippen molar-refractivity contribution in [2.75, 3.05) is 0 Å². The molecule has 5 heteroatoms. The molecule has 3 aromatic carbocycles. The zero-order valence-corrected chi connectivity index (χ0v) is 27.8. The predicted molar refractivity (Wildman–Crippen MR) is 169 cm³/mol. The van der Waals surface area contributed by atoms with Gasteiger partial charge in [-0.3, -0.25) is 6.08 Å². The Kier molecular flexibility index (Phi) is 15.1. The molecule has 0 radical (unpaired) electrons. The van der Waals surface area contributed by atoms with E-state index in [1.54, 1.807) is 0 Å². The van der Waals surface area contributed by atoms with Gasteiger partial charge in [0.15, 0.2) is 0 Å². The summed E-state index contributed by atoms with van der Waals surface area (Å²) in [7, 11) is -2.50. The van der Waals surface area contributed by atoms with E-state index in [1.165, 1.54) is 37.4 Å². The molecule has 37 heavy (non-hydrogen) atoms. The number of rotatable bonds is 7. The Morgan fingerprint density at radius 2 is 0.946 bits per heavy atom. The van der Waals surface area contributed by atoms with Crippen LogP contribution >= 0.6 is 37.2 Å². The summed E-state index contributed by atoms with van der Waals surface area (Å²) in [5.41, 5.74) is 4.23. The monoisotopic (exact) mass is 605 g/mol. The Hall–Kier alpha value is -1.06. The zero-order chi connectivity index (χ0) is 23.6. The van der Waals surface area contributed by atoms with Crippen LogP contribution in [0.1, 0.15) is 82.4 Å². The molecule has 1 aliphatic carbocycles. The molecule has 198 valence electrons. The van der Waals surface area contributed by atoms with E-state index in [4.69, 9.17) is 0 Å². The smallest absolute Gasteiger partial charge is 0.144 e. The topological polar surface area (TPSA) is 0 Å². The van der Waals surface area contributed by atoms with E-state index in [2.05, 4.69) is 133 Å². The van der Waals surface area contributed by atoms with E-state index < -0.39 is 8.07 Å². The second-order valence-electron chi connectivity index (χ2n) is 10.3. The number of hydrogen-bond acceptors (Lipinski definition) is 0. The predicted octanol–water partition coefficient (Wildman–Crippen LogP) is 8.02. The van der Waals surface area contributed by atoms with Crippen molar-refractivity contribution in [1.29, 1.82) is 0 Å². The fraction of sp³-hybridized carbons (Fsp3) is 0.312. The van der Waals surface area contributed by atoms with Crippen LogP contribution in [0.25, 0.3) is 0 Å². The van der Waals surface area contributed by atoms with Gasteiger partial charge in [-0.15, -0.1) is 43.6 Å². The number of benzene rings is 3. The molecule has 0 N–H and O–H groups in total. The van der Waals surface area contributed by atoms with Crippen LogP contribution in [-0.4, -0.2) is 8.07 Å². The summed E-state index contributed by atoms with van der Waals surface area (Å²) in [5.74, 6) is 1.49. The third kappa shape index (κ3) is 7.33. The van der Waals surface area contributed by atoms with Crippen molar-refractivity contribution < 1.29 is 21.7 Å². The molecule has 0 saturated heterocycles. The van der Waals surface area contributed by atoms with Gasteiger partial charge in [-0.2, -0.15) is 6.08 Å². The van der Waals surface area contributed by atoms with E-state index in [1.807, 2.05) is 0 Å². The molecule has 0 aliphatic heterocycles. The molecule has 0 amide bonds. The summed E-state index contributed by atoms with van der Waals surface area (Å²) in [4.78, 5) is 0. The van der Waals surface area contributed by atoms with E-state index in [-0.39, 0.29) is 58.9 Å². The van der Waals surface area contributed by atoms with Gasteiger partial charge in [-0.25, -0.2) is 11.3 Å². The normalized spacial score (nSPS) is 12.4. The summed E-state index contributed by atoms with van der Waals surface area (Å²) in [6.07, 6.45) is 9.35. The maximum Gasteiger partial charge on any atom is 0.144 e. The van der Waals surface area contributed by atoms with Crippen LogP contribution in [0.5, 0.6) is 0 Å². The average molecular weight is 607 g/mol. The maximum atomic E-state index is 3.81. The summed E-state index contributed by atoms with van der Waals surface area (Å²) in [6, 6.07) is 28.3. The minimum absolute atomic E-state index is 0. The molecule has 0 aromatic heterocycles. The van der Waals surface area contributed by atoms with Gasteiger partial charge in [-0.05, 0) is 50.0 Å². The SMILES string of the molecule is CC(C)c1cccc([Si](C2=[C-]CC=C2)(c2cccc(C(C)C)c2)c2cccc(C(C)C)c2)c1.Cl.Cl.Cl.[Ti]. The number of allylic oxidation sites excluding steroid dienone is 4. The van der Waals surface area contributed by atoms with Gasteiger partial charge < -0.3 is 0 Å². The minimum atomic E-state index is -2.50. The Morgan fingerprint density at radius 3 is 1.22 bits per heavy atom. The fourth-order valence-corrected chi connectivity index (χ4v) is 9.88. The summed E-state index contributed by atoms with van der Waals surface area (Å²) < 4.78 is 0. The molecular formula is C32H40Cl3SiTi-. The van der Waals surface area contributed by atoms with Crippen molar-refractivity contribution in [3.05, 3.63) is 113 Å². The second-order valence-corrected chi connectivity index (χ2v) is 14.1. The van der Waals surface area contributed by atoms with Crippen LogP contribution in [0.4, 0.5) is 0 Å². The molecule has 3 aromatic rings. The van der Waals surface area contributed by atoms with Crippen LogP contribution in [0.2, 0.25) is 0 Å². The first-order chi connectivity index (χ1) is 15.8. The van der Waals surface area contributed by atoms with E-state index in [0.717, 1.165) is 6.42 Å². The molecule has 0 unspecified atom stereocenters. The molecule has 0 atom stereocenters. The summed E-state index contributed by atoms with van der Waals surface area (Å²) in [6.45, 7) is 13.8. The molecule has 0 heterocycles. The van der Waals surface area contributed by atoms with Crippen molar-refractivity contribution in [3.8, 4) is 0 Å². The molecule has 0 bridgehead atoms. The van der Waals surface area contributed by atoms with Gasteiger partial charge in [0, 0.05) is 21.7 Å². The van der Waals surface area contributed by atoms with Crippen molar-refractivity contribution >= 4 is 60.9 Å². The first-order valence-corrected chi connectivity index (χ1v) is 14.4. The number of halogens is 3. The standard InChI is InChI=1S/C32H37Si.3ClH.Ti/c1-23(2)26-12-9-17-30(20-26)33(29-15-7-8-16-29,31-18-10-13-27(21-31)24(3)4)32-19-11-14-28(22-32)25(5)6;;;;/h7,9-15,17-25H,8H2,1-6H3;3*1H;/q-1;;;;. The average Bonchev–Trinajstić information content (AvgIpc) is 3.35. The minimum Gasteiger partial charge on any atom is -0.273 e. The van der Waals surface area contributed by atoms with Crippen LogP contribution in [0, 0.1) is 6.08 Å². The van der Waals surface area contributed by atoms with E-state index in [9.17, 15) is 0 Å². The van der Waals surface area contributed by atoms with Crippen molar-refractivity contribution in [2.45, 2.75) is 65.7 Å². The van der Waals surface area contributed by atoms with Gasteiger partial charge >= 0.3 is 0 Å². The van der Waals surface area contributed by atoms with Gasteiger partial charge in [0.2, 0.25) is 0 Å². The molecule has 0 nitrogen and oxygen atoms in total. The molecular weight excluding hydrogens is 567 g/mol. The molecule has 1 aliphatic rings. The largest absolute Gasteiger partial charge is 0.273 e. The maximum absolute atomic E-state index is 3.81. The molecule has 4 rings (SSSR count). The molecule has 0 spiro atoms. The van der Waals surface area contributed by atoms with Crippen LogP contribution in [0.15, 0.2) is 90.1 Å². The fourth-order valence-electron chi connectivity index (χ4n) is 5.02. The first kappa shape index (κ1) is 35.9. The van der Waals surface area contributed by atoms with Gasteiger partial charge in [0.05, 0.1) is 0 Å². The van der Waals surface area contributed by atoms with Crippen LogP contribution in [-0.2, 0) is 21.7 Å². The summed E-state index contributed by atoms with van der Waals surface area (Å²) >= 11 is 0. The first-order valence-electron chi connectivity index (χ1n) is 12.4. The number of hydrogen-bond donors (Lipinski definition) is 0. The van der Waals surface area contributed by atoms with Crippen LogP contribution in [0.3, 0.4) is 0 Å². The molecule has 0 saturated carbocycles. The van der Waals surface area contributed by atoms with Crippen molar-refractivity contribution in [3.63, 3.8) is 0 Å². The van der Waals surface area contributed by atoms with Gasteiger partial charge in [0.1, 0.15) is 8.07 Å². The quantitative estimate of drug-likeness (QED) is 0.145. The Labute approximate surface area is 259 Å². The zero-order valence-electron chi connectivity index (χ0n) is 22.7. The Bertz CT molecular complexity index is 1070.